The summed E-state index contributed by atoms with van der Waals surface area (Å²) >= 11 is 0. The average molecular weight is 468 g/mol. The quantitative estimate of drug-likeness (QED) is 0.513. The van der Waals surface area contributed by atoms with E-state index in [1.807, 2.05) is 49.5 Å². The number of rotatable bonds is 6. The van der Waals surface area contributed by atoms with Gasteiger partial charge in [0.2, 0.25) is 0 Å². The molecule has 1 aliphatic rings. The van der Waals surface area contributed by atoms with E-state index in [0.29, 0.717) is 37.8 Å². The standard InChI is InChI=1S/C25H33N5O4/c1-25(2,3)21-15-22(29(4)28-21)27-24(32)26-19-9-10-20(18-8-6-5-7-17(18)19)33-13-11-30-12-14-34-23(31)16-30/h5-10,15,23,31H,11-14,16H2,1-4H3,(H2,26,27,32). The van der Waals surface area contributed by atoms with Crippen LogP contribution in [0.4, 0.5) is 16.3 Å². The van der Waals surface area contributed by atoms with Gasteiger partial charge in [0.05, 0.1) is 18.0 Å². The molecule has 9 nitrogen and oxygen atoms in total. The number of carbonyl (C=O) groups excluding carboxylic acids is 1. The smallest absolute Gasteiger partial charge is 0.324 e. The van der Waals surface area contributed by atoms with Crippen molar-refractivity contribution in [3.63, 3.8) is 0 Å². The summed E-state index contributed by atoms with van der Waals surface area (Å²) in [4.78, 5) is 14.9. The van der Waals surface area contributed by atoms with E-state index in [9.17, 15) is 9.90 Å². The molecule has 4 rings (SSSR count). The molecule has 0 saturated carbocycles. The van der Waals surface area contributed by atoms with Crippen molar-refractivity contribution in [1.29, 1.82) is 0 Å². The summed E-state index contributed by atoms with van der Waals surface area (Å²) in [7, 11) is 1.81. The number of ether oxygens (including phenoxy) is 2. The Morgan fingerprint density at radius 1 is 1.21 bits per heavy atom. The molecule has 34 heavy (non-hydrogen) atoms. The number of nitrogens with one attached hydrogen (secondary N) is 2. The van der Waals surface area contributed by atoms with Gasteiger partial charge in [-0.1, -0.05) is 45.0 Å². The predicted octanol–water partition coefficient (Wildman–Crippen LogP) is 3.54. The van der Waals surface area contributed by atoms with Crippen LogP contribution in [0.5, 0.6) is 5.75 Å². The van der Waals surface area contributed by atoms with Gasteiger partial charge in [0.25, 0.3) is 0 Å². The topological polar surface area (TPSA) is 101 Å². The third kappa shape index (κ3) is 5.67. The van der Waals surface area contributed by atoms with Crippen LogP contribution in [0.1, 0.15) is 26.5 Å². The van der Waals surface area contributed by atoms with Gasteiger partial charge in [-0.3, -0.25) is 14.9 Å². The van der Waals surface area contributed by atoms with Gasteiger partial charge in [0, 0.05) is 48.9 Å². The van der Waals surface area contributed by atoms with E-state index >= 15 is 0 Å². The van der Waals surface area contributed by atoms with Crippen LogP contribution in [0.2, 0.25) is 0 Å². The molecule has 9 heteroatoms. The highest BCUT2D eigenvalue weighted by Crippen LogP contribution is 2.32. The Bertz CT molecular complexity index is 1150. The number of morpholine rings is 1. The van der Waals surface area contributed by atoms with Crippen LogP contribution in [0.25, 0.3) is 10.8 Å². The Morgan fingerprint density at radius 3 is 2.68 bits per heavy atom. The van der Waals surface area contributed by atoms with Crippen molar-refractivity contribution in [3.05, 3.63) is 48.2 Å². The molecule has 1 aliphatic heterocycles. The van der Waals surface area contributed by atoms with Crippen molar-refractivity contribution < 1.29 is 19.4 Å². The highest BCUT2D eigenvalue weighted by molar-refractivity contribution is 6.07. The number of hydrogen-bond acceptors (Lipinski definition) is 6. The maximum atomic E-state index is 12.8. The van der Waals surface area contributed by atoms with Crippen molar-refractivity contribution in [1.82, 2.24) is 14.7 Å². The Hall–Kier alpha value is -3.14. The largest absolute Gasteiger partial charge is 0.492 e. The van der Waals surface area contributed by atoms with Crippen molar-refractivity contribution in [2.75, 3.05) is 43.5 Å². The first-order valence-electron chi connectivity index (χ1n) is 11.5. The third-order valence-corrected chi connectivity index (χ3v) is 5.82. The Kier molecular flexibility index (Phi) is 7.06. The van der Waals surface area contributed by atoms with Gasteiger partial charge < -0.3 is 19.9 Å². The summed E-state index contributed by atoms with van der Waals surface area (Å²) < 4.78 is 12.9. The minimum atomic E-state index is -0.738. The summed E-state index contributed by atoms with van der Waals surface area (Å²) in [5.41, 5.74) is 1.49. The highest BCUT2D eigenvalue weighted by atomic mass is 16.6. The van der Waals surface area contributed by atoms with E-state index in [2.05, 4.69) is 41.4 Å². The number of aromatic nitrogens is 2. The zero-order valence-corrected chi connectivity index (χ0v) is 20.2. The minimum absolute atomic E-state index is 0.109. The number of urea groups is 1. The number of fused-ring (bicyclic) bond motifs is 1. The van der Waals surface area contributed by atoms with Crippen LogP contribution in [0, 0.1) is 0 Å². The molecule has 2 amide bonds. The lowest BCUT2D eigenvalue weighted by Crippen LogP contribution is -2.43. The monoisotopic (exact) mass is 467 g/mol. The molecular weight excluding hydrogens is 434 g/mol. The molecule has 0 bridgehead atoms. The molecule has 1 unspecified atom stereocenters. The average Bonchev–Trinajstić information content (AvgIpc) is 3.16. The molecule has 3 N–H and O–H groups in total. The zero-order valence-electron chi connectivity index (χ0n) is 20.2. The van der Waals surface area contributed by atoms with Crippen molar-refractivity contribution in [3.8, 4) is 5.75 Å². The van der Waals surface area contributed by atoms with Crippen LogP contribution in [0.3, 0.4) is 0 Å². The molecule has 0 radical (unpaired) electrons. The molecule has 0 spiro atoms. The Labute approximate surface area is 199 Å². The Balaban J connectivity index is 1.43. The fourth-order valence-corrected chi connectivity index (χ4v) is 3.90. The summed E-state index contributed by atoms with van der Waals surface area (Å²) in [6.07, 6.45) is -0.738. The van der Waals surface area contributed by atoms with Gasteiger partial charge in [0.1, 0.15) is 18.2 Å². The lowest BCUT2D eigenvalue weighted by Gasteiger charge is -2.29. The van der Waals surface area contributed by atoms with Gasteiger partial charge in [-0.2, -0.15) is 5.10 Å². The van der Waals surface area contributed by atoms with Crippen LogP contribution in [-0.2, 0) is 17.2 Å². The molecule has 182 valence electrons. The van der Waals surface area contributed by atoms with E-state index in [1.54, 1.807) is 4.68 Å². The second-order valence-corrected chi connectivity index (χ2v) is 9.50. The lowest BCUT2D eigenvalue weighted by atomic mass is 9.92. The second kappa shape index (κ2) is 10.0. The number of benzene rings is 2. The van der Waals surface area contributed by atoms with E-state index in [4.69, 9.17) is 9.47 Å². The SMILES string of the molecule is Cn1nc(C(C)(C)C)cc1NC(=O)Nc1ccc(OCCN2CCOC(O)C2)c2ccccc12. The molecule has 2 heterocycles. The van der Waals surface area contributed by atoms with Gasteiger partial charge in [-0.25, -0.2) is 4.79 Å². The van der Waals surface area contributed by atoms with Gasteiger partial charge >= 0.3 is 6.03 Å². The zero-order chi connectivity index (χ0) is 24.3. The molecule has 1 aromatic heterocycles. The number of hydrogen-bond donors (Lipinski definition) is 3. The number of aryl methyl sites for hydroxylation is 1. The molecule has 1 saturated heterocycles. The fourth-order valence-electron chi connectivity index (χ4n) is 3.90. The highest BCUT2D eigenvalue weighted by Gasteiger charge is 2.20. The molecule has 1 fully saturated rings. The van der Waals surface area contributed by atoms with Crippen molar-refractivity contribution in [2.45, 2.75) is 32.5 Å². The number of nitrogens with zero attached hydrogens (tertiary/aromatic N) is 3. The first-order valence-corrected chi connectivity index (χ1v) is 11.5. The van der Waals surface area contributed by atoms with E-state index in [0.717, 1.165) is 28.8 Å². The molecule has 0 aliphatic carbocycles. The number of aliphatic hydroxyl groups is 1. The molecular formula is C25H33N5O4. The number of anilines is 2. The van der Waals surface area contributed by atoms with Crippen LogP contribution in [0.15, 0.2) is 42.5 Å². The van der Waals surface area contributed by atoms with Crippen LogP contribution >= 0.6 is 0 Å². The maximum absolute atomic E-state index is 12.8. The maximum Gasteiger partial charge on any atom is 0.324 e. The van der Waals surface area contributed by atoms with E-state index in [1.165, 1.54) is 0 Å². The van der Waals surface area contributed by atoms with Gasteiger partial charge in [-0.15, -0.1) is 0 Å². The van der Waals surface area contributed by atoms with Gasteiger partial charge in [0.15, 0.2) is 6.29 Å². The van der Waals surface area contributed by atoms with E-state index < -0.39 is 6.29 Å². The van der Waals surface area contributed by atoms with E-state index in [-0.39, 0.29) is 11.4 Å². The Morgan fingerprint density at radius 2 is 1.97 bits per heavy atom. The summed E-state index contributed by atoms with van der Waals surface area (Å²) in [5, 5.41) is 21.8. The molecule has 3 aromatic rings. The first-order chi connectivity index (χ1) is 16.2. The van der Waals surface area contributed by atoms with Crippen LogP contribution in [-0.4, -0.2) is 65.0 Å². The van der Waals surface area contributed by atoms with Crippen LogP contribution < -0.4 is 15.4 Å². The van der Waals surface area contributed by atoms with Crippen molar-refractivity contribution >= 4 is 28.3 Å². The molecule has 1 atom stereocenters. The normalized spacial score (nSPS) is 17.0. The van der Waals surface area contributed by atoms with Crippen molar-refractivity contribution in [2.24, 2.45) is 7.05 Å². The third-order valence-electron chi connectivity index (χ3n) is 5.82. The summed E-state index contributed by atoms with van der Waals surface area (Å²) in [5.74, 6) is 1.37. The number of β-amino-alcohol motifs (C(OH)–C–C–N with tert-alkyl or cyclic N) is 1. The first kappa shape index (κ1) is 24.0. The second-order valence-electron chi connectivity index (χ2n) is 9.50. The lowest BCUT2D eigenvalue weighted by molar-refractivity contribution is -0.146. The number of amides is 2. The minimum Gasteiger partial charge on any atom is -0.492 e. The number of carbonyl (C=O) groups is 1. The van der Waals surface area contributed by atoms with Gasteiger partial charge in [-0.05, 0) is 12.1 Å². The number of aliphatic hydroxyl groups excluding tert-OH is 1. The predicted molar refractivity (Wildman–Crippen MR) is 132 cm³/mol. The molecule has 2 aromatic carbocycles. The summed E-state index contributed by atoms with van der Waals surface area (Å²) in [6, 6.07) is 13.1. The fraction of sp³-hybridized carbons (Fsp3) is 0.440. The summed E-state index contributed by atoms with van der Waals surface area (Å²) in [6.45, 7) is 9.20.